The van der Waals surface area contributed by atoms with Gasteiger partial charge in [-0.1, -0.05) is 37.0 Å². The molecule has 1 aromatic carbocycles. The Morgan fingerprint density at radius 2 is 2.09 bits per heavy atom. The van der Waals surface area contributed by atoms with Gasteiger partial charge in [0.25, 0.3) is 0 Å². The third-order valence-electron chi connectivity index (χ3n) is 4.27. The van der Waals surface area contributed by atoms with Crippen LogP contribution in [0.4, 0.5) is 0 Å². The van der Waals surface area contributed by atoms with Crippen LogP contribution in [-0.4, -0.2) is 16.0 Å². The van der Waals surface area contributed by atoms with Crippen molar-refractivity contribution in [2.24, 2.45) is 11.8 Å². The van der Waals surface area contributed by atoms with Gasteiger partial charge in [-0.05, 0) is 43.0 Å². The van der Waals surface area contributed by atoms with Crippen LogP contribution in [0, 0.1) is 11.8 Å². The lowest BCUT2D eigenvalue weighted by atomic mass is 9.99. The fraction of sp³-hybridized carbons (Fsp3) is 0.471. The molecular formula is C17H20ClN3O2. The van der Waals surface area contributed by atoms with Crippen molar-refractivity contribution in [1.29, 1.82) is 0 Å². The highest BCUT2D eigenvalue weighted by atomic mass is 35.5. The lowest BCUT2D eigenvalue weighted by Gasteiger charge is -2.20. The Bertz CT molecular complexity index is 679. The highest BCUT2D eigenvalue weighted by molar-refractivity contribution is 6.30. The molecular weight excluding hydrogens is 314 g/mol. The van der Waals surface area contributed by atoms with E-state index in [0.29, 0.717) is 16.7 Å². The van der Waals surface area contributed by atoms with Gasteiger partial charge in [0.1, 0.15) is 6.04 Å². The topological polar surface area (TPSA) is 68.0 Å². The van der Waals surface area contributed by atoms with Crippen LogP contribution in [0.1, 0.15) is 45.0 Å². The Hall–Kier alpha value is -1.88. The minimum Gasteiger partial charge on any atom is -0.344 e. The Morgan fingerprint density at radius 3 is 2.70 bits per heavy atom. The van der Waals surface area contributed by atoms with Crippen LogP contribution >= 0.6 is 11.6 Å². The molecule has 1 aliphatic carbocycles. The number of hydrogen-bond donors (Lipinski definition) is 1. The molecule has 2 unspecified atom stereocenters. The summed E-state index contributed by atoms with van der Waals surface area (Å²) in [4.78, 5) is 16.6. The fourth-order valence-electron chi connectivity index (χ4n) is 2.38. The molecule has 6 heteroatoms. The first-order valence-electron chi connectivity index (χ1n) is 7.98. The van der Waals surface area contributed by atoms with Crippen molar-refractivity contribution in [2.75, 3.05) is 0 Å². The fourth-order valence-corrected chi connectivity index (χ4v) is 2.50. The maximum Gasteiger partial charge on any atom is 0.249 e. The average molecular weight is 334 g/mol. The van der Waals surface area contributed by atoms with E-state index in [2.05, 4.69) is 29.3 Å². The Morgan fingerprint density at radius 1 is 1.39 bits per heavy atom. The van der Waals surface area contributed by atoms with Crippen LogP contribution < -0.4 is 5.32 Å². The second-order valence-corrected chi connectivity index (χ2v) is 6.55. The average Bonchev–Trinajstić information content (AvgIpc) is 3.30. The van der Waals surface area contributed by atoms with Crippen LogP contribution in [0.25, 0.3) is 11.4 Å². The smallest absolute Gasteiger partial charge is 0.249 e. The summed E-state index contributed by atoms with van der Waals surface area (Å²) in [5.74, 6) is 1.42. The molecule has 0 radical (unpaired) electrons. The maximum absolute atomic E-state index is 12.1. The van der Waals surface area contributed by atoms with E-state index in [0.717, 1.165) is 24.8 Å². The predicted octanol–water partition coefficient (Wildman–Crippen LogP) is 4.00. The van der Waals surface area contributed by atoms with E-state index in [9.17, 15) is 4.79 Å². The zero-order chi connectivity index (χ0) is 16.4. The first-order chi connectivity index (χ1) is 11.1. The van der Waals surface area contributed by atoms with E-state index in [4.69, 9.17) is 16.1 Å². The summed E-state index contributed by atoms with van der Waals surface area (Å²) in [6.45, 7) is 4.15. The zero-order valence-electron chi connectivity index (χ0n) is 13.3. The molecule has 3 rings (SSSR count). The van der Waals surface area contributed by atoms with Gasteiger partial charge < -0.3 is 9.84 Å². The minimum atomic E-state index is -0.248. The van der Waals surface area contributed by atoms with E-state index in [1.807, 2.05) is 12.1 Å². The summed E-state index contributed by atoms with van der Waals surface area (Å²) in [6, 6.07) is 7.01. The molecule has 0 bridgehead atoms. The quantitative estimate of drug-likeness (QED) is 0.867. The molecule has 23 heavy (non-hydrogen) atoms. The van der Waals surface area contributed by atoms with Gasteiger partial charge >= 0.3 is 0 Å². The van der Waals surface area contributed by atoms with E-state index in [1.54, 1.807) is 12.1 Å². The molecule has 1 heterocycles. The van der Waals surface area contributed by atoms with Crippen LogP contribution in [0.3, 0.4) is 0 Å². The van der Waals surface area contributed by atoms with Gasteiger partial charge in [0.2, 0.25) is 17.6 Å². The highest BCUT2D eigenvalue weighted by Gasteiger charge is 2.34. The summed E-state index contributed by atoms with van der Waals surface area (Å²) < 4.78 is 5.43. The van der Waals surface area contributed by atoms with Crippen LogP contribution in [0.15, 0.2) is 28.8 Å². The Labute approximate surface area is 140 Å². The van der Waals surface area contributed by atoms with Gasteiger partial charge in [-0.15, -0.1) is 0 Å². The number of amides is 1. The molecule has 0 spiro atoms. The molecule has 0 saturated heterocycles. The molecule has 2 atom stereocenters. The van der Waals surface area contributed by atoms with Gasteiger partial charge in [-0.2, -0.15) is 4.98 Å². The number of benzene rings is 1. The van der Waals surface area contributed by atoms with Crippen molar-refractivity contribution < 1.29 is 9.32 Å². The lowest BCUT2D eigenvalue weighted by Crippen LogP contribution is -2.33. The van der Waals surface area contributed by atoms with Crippen molar-refractivity contribution in [3.8, 4) is 11.4 Å². The number of carbonyl (C=O) groups excluding carboxylic acids is 1. The molecule has 0 aliphatic heterocycles. The third kappa shape index (κ3) is 3.72. The van der Waals surface area contributed by atoms with Crippen molar-refractivity contribution in [1.82, 2.24) is 15.5 Å². The summed E-state index contributed by atoms with van der Waals surface area (Å²) in [5, 5.41) is 7.76. The minimum absolute atomic E-state index is 0.0848. The molecule has 2 aromatic rings. The number of hydrogen-bond acceptors (Lipinski definition) is 4. The molecule has 1 aromatic heterocycles. The van der Waals surface area contributed by atoms with Gasteiger partial charge in [0, 0.05) is 16.5 Å². The normalized spacial score (nSPS) is 16.8. The van der Waals surface area contributed by atoms with Crippen molar-refractivity contribution in [2.45, 2.75) is 39.2 Å². The first-order valence-corrected chi connectivity index (χ1v) is 8.36. The van der Waals surface area contributed by atoms with Gasteiger partial charge in [-0.3, -0.25) is 4.79 Å². The zero-order valence-corrected chi connectivity index (χ0v) is 14.0. The molecule has 1 fully saturated rings. The second kappa shape index (κ2) is 6.71. The Balaban J connectivity index is 1.81. The number of halogens is 1. The molecule has 1 N–H and O–H groups in total. The number of nitrogens with one attached hydrogen (secondary N) is 1. The standard InChI is InChI=1S/C17H20ClN3O2/c1-3-10(2)14(19-16(22)12-4-5-12)17-20-15(21-23-17)11-6-8-13(18)9-7-11/h6-10,12,14H,3-5H2,1-2H3,(H,19,22). The summed E-state index contributed by atoms with van der Waals surface area (Å²) >= 11 is 5.90. The van der Waals surface area contributed by atoms with Crippen molar-refractivity contribution in [3.63, 3.8) is 0 Å². The van der Waals surface area contributed by atoms with E-state index >= 15 is 0 Å². The number of rotatable bonds is 6. The number of carbonyl (C=O) groups is 1. The largest absolute Gasteiger partial charge is 0.344 e. The second-order valence-electron chi connectivity index (χ2n) is 6.11. The van der Waals surface area contributed by atoms with Crippen LogP contribution in [0.2, 0.25) is 5.02 Å². The first kappa shape index (κ1) is 16.0. The monoisotopic (exact) mass is 333 g/mol. The summed E-state index contributed by atoms with van der Waals surface area (Å²) in [5.41, 5.74) is 0.834. The number of nitrogens with zero attached hydrogens (tertiary/aromatic N) is 2. The van der Waals surface area contributed by atoms with Gasteiger partial charge in [0.15, 0.2) is 0 Å². The van der Waals surface area contributed by atoms with Crippen LogP contribution in [-0.2, 0) is 4.79 Å². The molecule has 1 saturated carbocycles. The summed E-state index contributed by atoms with van der Waals surface area (Å²) in [7, 11) is 0. The van der Waals surface area contributed by atoms with Crippen molar-refractivity contribution >= 4 is 17.5 Å². The Kier molecular flexibility index (Phi) is 4.66. The van der Waals surface area contributed by atoms with Crippen molar-refractivity contribution in [3.05, 3.63) is 35.2 Å². The number of aromatic nitrogens is 2. The van der Waals surface area contributed by atoms with Gasteiger partial charge in [0.05, 0.1) is 0 Å². The van der Waals surface area contributed by atoms with E-state index in [1.165, 1.54) is 0 Å². The predicted molar refractivity (Wildman–Crippen MR) is 87.8 cm³/mol. The van der Waals surface area contributed by atoms with E-state index < -0.39 is 0 Å². The van der Waals surface area contributed by atoms with Gasteiger partial charge in [-0.25, -0.2) is 0 Å². The molecule has 122 valence electrons. The molecule has 1 aliphatic rings. The van der Waals surface area contributed by atoms with E-state index in [-0.39, 0.29) is 23.8 Å². The maximum atomic E-state index is 12.1. The third-order valence-corrected chi connectivity index (χ3v) is 4.52. The highest BCUT2D eigenvalue weighted by Crippen LogP contribution is 2.32. The molecule has 1 amide bonds. The SMILES string of the molecule is CCC(C)C(NC(=O)C1CC1)c1nc(-c2ccc(Cl)cc2)no1. The van der Waals surface area contributed by atoms with Crippen LogP contribution in [0.5, 0.6) is 0 Å². The lowest BCUT2D eigenvalue weighted by molar-refractivity contribution is -0.123. The molecule has 5 nitrogen and oxygen atoms in total. The summed E-state index contributed by atoms with van der Waals surface area (Å²) in [6.07, 6.45) is 2.85.